The van der Waals surface area contributed by atoms with Crippen LogP contribution in [0.1, 0.15) is 42.6 Å². The fourth-order valence-electron chi connectivity index (χ4n) is 4.25. The summed E-state index contributed by atoms with van der Waals surface area (Å²) in [4.78, 5) is 26.2. The van der Waals surface area contributed by atoms with Gasteiger partial charge in [0.05, 0.1) is 22.3 Å². The molecule has 4 atom stereocenters. The molecule has 0 spiro atoms. The number of nitrogens with two attached hydrogens (primary N) is 1. The van der Waals surface area contributed by atoms with Crippen LogP contribution in [0.4, 0.5) is 10.1 Å². The number of hydrogen-bond donors (Lipinski definition) is 2. The second kappa shape index (κ2) is 7.04. The Morgan fingerprint density at radius 3 is 2.71 bits per heavy atom. The molecule has 3 N–H and O–H groups in total. The zero-order valence-corrected chi connectivity index (χ0v) is 16.3. The van der Waals surface area contributed by atoms with E-state index in [1.807, 2.05) is 0 Å². The Labute approximate surface area is 166 Å². The molecule has 6 nitrogen and oxygen atoms in total. The van der Waals surface area contributed by atoms with Gasteiger partial charge in [-0.15, -0.1) is 0 Å². The van der Waals surface area contributed by atoms with E-state index in [1.165, 1.54) is 10.8 Å². The largest absolute Gasteiger partial charge is 0.477 e. The van der Waals surface area contributed by atoms with Gasteiger partial charge in [-0.05, 0) is 24.5 Å². The van der Waals surface area contributed by atoms with Crippen molar-refractivity contribution in [3.8, 4) is 0 Å². The first-order valence-corrected chi connectivity index (χ1v) is 9.96. The Balaban J connectivity index is 1.86. The van der Waals surface area contributed by atoms with Gasteiger partial charge in [-0.25, -0.2) is 9.18 Å². The molecule has 1 aromatic carbocycles. The van der Waals surface area contributed by atoms with E-state index in [1.54, 1.807) is 12.1 Å². The number of rotatable bonds is 4. The van der Waals surface area contributed by atoms with E-state index in [4.69, 9.17) is 17.3 Å². The number of hydrogen-bond acceptors (Lipinski definition) is 4. The van der Waals surface area contributed by atoms with Gasteiger partial charge in [-0.1, -0.05) is 24.9 Å². The zero-order valence-electron chi connectivity index (χ0n) is 15.6. The second-order valence-electron chi connectivity index (χ2n) is 7.77. The molecule has 2 fully saturated rings. The molecule has 1 aliphatic carbocycles. The topological polar surface area (TPSA) is 88.6 Å². The number of anilines is 1. The molecule has 4 rings (SSSR count). The first-order chi connectivity index (χ1) is 13.3. The Hall–Kier alpha value is -2.12. The molecule has 150 valence electrons. The number of piperidine rings is 1. The van der Waals surface area contributed by atoms with E-state index in [9.17, 15) is 19.1 Å². The van der Waals surface area contributed by atoms with E-state index in [2.05, 4.69) is 11.8 Å². The molecule has 8 heteroatoms. The van der Waals surface area contributed by atoms with Crippen LogP contribution < -0.4 is 16.1 Å². The summed E-state index contributed by atoms with van der Waals surface area (Å²) >= 11 is 6.71. The quantitative estimate of drug-likeness (QED) is 0.812. The smallest absolute Gasteiger partial charge is 0.341 e. The minimum absolute atomic E-state index is 0.0285. The Kier molecular flexibility index (Phi) is 4.83. The number of aromatic nitrogens is 1. The molecule has 1 aliphatic heterocycles. The zero-order chi connectivity index (χ0) is 20.2. The minimum Gasteiger partial charge on any atom is -0.477 e. The number of carbonyl (C=O) groups is 1. The highest BCUT2D eigenvalue weighted by molar-refractivity contribution is 6.38. The van der Waals surface area contributed by atoms with E-state index in [0.29, 0.717) is 23.0 Å². The molecule has 0 radical (unpaired) electrons. The maximum Gasteiger partial charge on any atom is 0.341 e. The van der Waals surface area contributed by atoms with E-state index in [0.717, 1.165) is 25.1 Å². The molecular weight excluding hydrogens is 385 g/mol. The normalized spacial score (nSPS) is 27.2. The summed E-state index contributed by atoms with van der Waals surface area (Å²) in [5.74, 6) is -0.866. The summed E-state index contributed by atoms with van der Waals surface area (Å²) in [5, 5.41) is 9.90. The van der Waals surface area contributed by atoms with Gasteiger partial charge in [0.25, 0.3) is 0 Å². The number of alkyl halides is 1. The van der Waals surface area contributed by atoms with Gasteiger partial charge in [0.1, 0.15) is 11.7 Å². The van der Waals surface area contributed by atoms with Gasteiger partial charge in [-0.2, -0.15) is 0 Å². The molecule has 0 amide bonds. The predicted octanol–water partition coefficient (Wildman–Crippen LogP) is 3.20. The molecule has 1 saturated heterocycles. The third-order valence-electron chi connectivity index (χ3n) is 6.05. The molecule has 0 unspecified atom stereocenters. The summed E-state index contributed by atoms with van der Waals surface area (Å²) in [6, 6.07) is 2.86. The fraction of sp³-hybridized carbons (Fsp3) is 0.500. The summed E-state index contributed by atoms with van der Waals surface area (Å²) < 4.78 is 15.3. The second-order valence-corrected chi connectivity index (χ2v) is 8.14. The molecule has 0 bridgehead atoms. The average molecular weight is 408 g/mol. The van der Waals surface area contributed by atoms with Gasteiger partial charge >= 0.3 is 5.97 Å². The summed E-state index contributed by atoms with van der Waals surface area (Å²) in [7, 11) is 0. The first kappa shape index (κ1) is 19.2. The highest BCUT2D eigenvalue weighted by atomic mass is 35.5. The van der Waals surface area contributed by atoms with Crippen molar-refractivity contribution < 1.29 is 14.3 Å². The number of halogens is 2. The van der Waals surface area contributed by atoms with Gasteiger partial charge < -0.3 is 20.3 Å². The molecule has 2 heterocycles. The van der Waals surface area contributed by atoms with Crippen molar-refractivity contribution in [3.05, 3.63) is 39.1 Å². The monoisotopic (exact) mass is 407 g/mol. The number of carboxylic acids is 1. The number of nitrogens with zero attached hydrogens (tertiary/aromatic N) is 2. The van der Waals surface area contributed by atoms with Gasteiger partial charge in [0, 0.05) is 37.1 Å². The van der Waals surface area contributed by atoms with Crippen molar-refractivity contribution in [2.75, 3.05) is 18.0 Å². The van der Waals surface area contributed by atoms with Crippen LogP contribution in [-0.2, 0) is 0 Å². The number of carboxylic acid groups (broad SMARTS) is 1. The van der Waals surface area contributed by atoms with Crippen molar-refractivity contribution >= 4 is 34.2 Å². The molecule has 1 saturated carbocycles. The lowest BCUT2D eigenvalue weighted by Gasteiger charge is -2.38. The van der Waals surface area contributed by atoms with Crippen LogP contribution in [0.3, 0.4) is 0 Å². The number of benzene rings is 1. The number of fused-ring (bicyclic) bond motifs is 1. The SMILES string of the molecule is CC[C@@H]1CCN(c2ccc3c(=O)c(C(=O)O)cn([C@@H]4C[C@@H]4F)c3c2Cl)C[C@H]1N. The van der Waals surface area contributed by atoms with Crippen molar-refractivity contribution in [1.82, 2.24) is 4.57 Å². The summed E-state index contributed by atoms with van der Waals surface area (Å²) in [5.41, 5.74) is 6.46. The number of aromatic carboxylic acids is 1. The van der Waals surface area contributed by atoms with Crippen molar-refractivity contribution in [2.45, 2.75) is 44.4 Å². The van der Waals surface area contributed by atoms with E-state index < -0.39 is 23.6 Å². The molecule has 2 aliphatic rings. The van der Waals surface area contributed by atoms with Crippen LogP contribution in [0.15, 0.2) is 23.1 Å². The lowest BCUT2D eigenvalue weighted by atomic mass is 9.89. The first-order valence-electron chi connectivity index (χ1n) is 9.58. The number of pyridine rings is 1. The highest BCUT2D eigenvalue weighted by Gasteiger charge is 2.40. The Morgan fingerprint density at radius 2 is 2.14 bits per heavy atom. The van der Waals surface area contributed by atoms with Gasteiger partial charge in [0.2, 0.25) is 5.43 Å². The third kappa shape index (κ3) is 3.06. The van der Waals surface area contributed by atoms with Crippen LogP contribution in [-0.4, -0.2) is 40.9 Å². The highest BCUT2D eigenvalue weighted by Crippen LogP contribution is 2.43. The van der Waals surface area contributed by atoms with Gasteiger partial charge in [-0.3, -0.25) is 4.79 Å². The van der Waals surface area contributed by atoms with Crippen LogP contribution in [0.2, 0.25) is 5.02 Å². The summed E-state index contributed by atoms with van der Waals surface area (Å²) in [6.45, 7) is 3.57. The van der Waals surface area contributed by atoms with Crippen LogP contribution in [0, 0.1) is 5.92 Å². The third-order valence-corrected chi connectivity index (χ3v) is 6.42. The fourth-order valence-corrected chi connectivity index (χ4v) is 4.63. The molecule has 1 aromatic heterocycles. The maximum absolute atomic E-state index is 13.8. The predicted molar refractivity (Wildman–Crippen MR) is 107 cm³/mol. The van der Waals surface area contributed by atoms with Crippen LogP contribution in [0.25, 0.3) is 10.9 Å². The lowest BCUT2D eigenvalue weighted by molar-refractivity contribution is 0.0694. The average Bonchev–Trinajstić information content (AvgIpc) is 3.38. The molecule has 2 aromatic rings. The van der Waals surface area contributed by atoms with Crippen molar-refractivity contribution in [3.63, 3.8) is 0 Å². The summed E-state index contributed by atoms with van der Waals surface area (Å²) in [6.07, 6.45) is 2.41. The Bertz CT molecular complexity index is 1010. The molecular formula is C20H23ClFN3O3. The van der Waals surface area contributed by atoms with E-state index in [-0.39, 0.29) is 23.4 Å². The minimum atomic E-state index is -1.33. The maximum atomic E-state index is 13.8. The molecule has 28 heavy (non-hydrogen) atoms. The van der Waals surface area contributed by atoms with Crippen LogP contribution in [0.5, 0.6) is 0 Å². The van der Waals surface area contributed by atoms with Gasteiger partial charge in [0.15, 0.2) is 0 Å². The van der Waals surface area contributed by atoms with Crippen molar-refractivity contribution in [2.24, 2.45) is 11.7 Å². The Morgan fingerprint density at radius 1 is 1.43 bits per heavy atom. The lowest BCUT2D eigenvalue weighted by Crippen LogP contribution is -2.48. The van der Waals surface area contributed by atoms with Crippen molar-refractivity contribution in [1.29, 1.82) is 0 Å². The van der Waals surface area contributed by atoms with E-state index >= 15 is 0 Å². The van der Waals surface area contributed by atoms with Crippen LogP contribution >= 0.6 is 11.6 Å². The standard InChI is InChI=1S/C20H23ClFN3O3/c1-2-10-5-6-24(9-14(10)23)15-4-3-11-18(17(15)21)25(16-7-13(16)22)8-12(19(11)26)20(27)28/h3-4,8,10,13-14,16H,2,5-7,9,23H2,1H3,(H,27,28)/t10-,13+,14-,16-/m1/s1.